The molecule has 2 rings (SSSR count). The molecule has 110 valence electrons. The van der Waals surface area contributed by atoms with Gasteiger partial charge in [0.05, 0.1) is 17.3 Å². The van der Waals surface area contributed by atoms with Crippen molar-refractivity contribution < 1.29 is 23.1 Å². The average molecular weight is 295 g/mol. The topological polar surface area (TPSA) is 49.3 Å². The van der Waals surface area contributed by atoms with Crippen molar-refractivity contribution >= 4 is 11.7 Å². The minimum Gasteiger partial charge on any atom is -0.478 e. The lowest BCUT2D eigenvalue weighted by Crippen LogP contribution is -2.11. The van der Waals surface area contributed by atoms with Crippen LogP contribution in [0, 0.1) is 17.5 Å². The van der Waals surface area contributed by atoms with Crippen molar-refractivity contribution in [2.75, 3.05) is 5.32 Å². The van der Waals surface area contributed by atoms with E-state index < -0.39 is 35.0 Å². The summed E-state index contributed by atoms with van der Waals surface area (Å²) in [4.78, 5) is 10.8. The van der Waals surface area contributed by atoms with Gasteiger partial charge in [0.2, 0.25) is 0 Å². The number of halogens is 3. The van der Waals surface area contributed by atoms with Gasteiger partial charge in [-0.3, -0.25) is 0 Å². The van der Waals surface area contributed by atoms with Gasteiger partial charge in [0.25, 0.3) is 0 Å². The van der Waals surface area contributed by atoms with E-state index in [0.29, 0.717) is 6.07 Å². The number of carboxylic acids is 1. The molecule has 1 atom stereocenters. The van der Waals surface area contributed by atoms with Gasteiger partial charge in [0.1, 0.15) is 17.5 Å². The zero-order valence-corrected chi connectivity index (χ0v) is 11.0. The zero-order valence-electron chi connectivity index (χ0n) is 11.0. The van der Waals surface area contributed by atoms with Gasteiger partial charge in [0, 0.05) is 11.6 Å². The SMILES string of the molecule is CC(Nc1cc(C(=O)O)c(F)cc1F)c1ccccc1F. The fourth-order valence-corrected chi connectivity index (χ4v) is 1.96. The van der Waals surface area contributed by atoms with Crippen LogP contribution in [-0.2, 0) is 0 Å². The van der Waals surface area contributed by atoms with E-state index in [-0.39, 0.29) is 11.3 Å². The molecule has 2 aromatic carbocycles. The van der Waals surface area contributed by atoms with Crippen LogP contribution in [0.1, 0.15) is 28.9 Å². The van der Waals surface area contributed by atoms with Crippen LogP contribution in [0.2, 0.25) is 0 Å². The van der Waals surface area contributed by atoms with Crippen LogP contribution in [0.25, 0.3) is 0 Å². The van der Waals surface area contributed by atoms with Crippen molar-refractivity contribution in [2.45, 2.75) is 13.0 Å². The Bertz CT molecular complexity index is 689. The zero-order chi connectivity index (χ0) is 15.6. The van der Waals surface area contributed by atoms with E-state index in [4.69, 9.17) is 5.11 Å². The molecule has 0 aliphatic carbocycles. The molecule has 6 heteroatoms. The smallest absolute Gasteiger partial charge is 0.338 e. The molecule has 0 aliphatic rings. The van der Waals surface area contributed by atoms with E-state index in [1.165, 1.54) is 18.2 Å². The molecule has 0 fully saturated rings. The maximum atomic E-state index is 13.7. The van der Waals surface area contributed by atoms with E-state index in [1.54, 1.807) is 13.0 Å². The van der Waals surface area contributed by atoms with Crippen molar-refractivity contribution in [3.8, 4) is 0 Å². The van der Waals surface area contributed by atoms with E-state index in [2.05, 4.69) is 5.32 Å². The summed E-state index contributed by atoms with van der Waals surface area (Å²) in [6, 6.07) is 6.65. The van der Waals surface area contributed by atoms with E-state index in [1.807, 2.05) is 0 Å². The van der Waals surface area contributed by atoms with Gasteiger partial charge >= 0.3 is 5.97 Å². The monoisotopic (exact) mass is 295 g/mol. The first kappa shape index (κ1) is 14.9. The maximum Gasteiger partial charge on any atom is 0.338 e. The lowest BCUT2D eigenvalue weighted by Gasteiger charge is -2.17. The summed E-state index contributed by atoms with van der Waals surface area (Å²) < 4.78 is 40.6. The van der Waals surface area contributed by atoms with Crippen LogP contribution in [0.4, 0.5) is 18.9 Å². The number of aromatic carboxylic acids is 1. The van der Waals surface area contributed by atoms with Gasteiger partial charge in [-0.1, -0.05) is 18.2 Å². The van der Waals surface area contributed by atoms with Gasteiger partial charge in [-0.05, 0) is 19.1 Å². The first-order valence-electron chi connectivity index (χ1n) is 6.13. The fourth-order valence-electron chi connectivity index (χ4n) is 1.96. The number of carboxylic acid groups (broad SMARTS) is 1. The highest BCUT2D eigenvalue weighted by Gasteiger charge is 2.17. The number of rotatable bonds is 4. The van der Waals surface area contributed by atoms with Gasteiger partial charge in [-0.25, -0.2) is 18.0 Å². The minimum atomic E-state index is -1.51. The second-order valence-corrected chi connectivity index (χ2v) is 4.50. The number of hydrogen-bond acceptors (Lipinski definition) is 2. The number of carbonyl (C=O) groups is 1. The molecule has 0 aliphatic heterocycles. The van der Waals surface area contributed by atoms with Crippen molar-refractivity contribution in [3.63, 3.8) is 0 Å². The number of nitrogens with one attached hydrogen (secondary N) is 1. The van der Waals surface area contributed by atoms with Crippen molar-refractivity contribution in [1.29, 1.82) is 0 Å². The van der Waals surface area contributed by atoms with Crippen LogP contribution in [-0.4, -0.2) is 11.1 Å². The summed E-state index contributed by atoms with van der Waals surface area (Å²) in [7, 11) is 0. The Morgan fingerprint density at radius 2 is 1.76 bits per heavy atom. The maximum absolute atomic E-state index is 13.7. The largest absolute Gasteiger partial charge is 0.478 e. The molecule has 0 aromatic heterocycles. The van der Waals surface area contributed by atoms with Gasteiger partial charge < -0.3 is 10.4 Å². The van der Waals surface area contributed by atoms with Gasteiger partial charge in [0.15, 0.2) is 0 Å². The second kappa shape index (κ2) is 5.87. The minimum absolute atomic E-state index is 0.204. The summed E-state index contributed by atoms with van der Waals surface area (Å²) in [6.45, 7) is 1.58. The van der Waals surface area contributed by atoms with Crippen LogP contribution in [0.5, 0.6) is 0 Å². The number of anilines is 1. The fraction of sp³-hybridized carbons (Fsp3) is 0.133. The first-order chi connectivity index (χ1) is 9.90. The predicted octanol–water partition coefficient (Wildman–Crippen LogP) is 3.98. The van der Waals surface area contributed by atoms with Crippen molar-refractivity contribution in [3.05, 3.63) is 65.0 Å². The van der Waals surface area contributed by atoms with Crippen LogP contribution in [0.15, 0.2) is 36.4 Å². The summed E-state index contributed by atoms with van der Waals surface area (Å²) in [5.74, 6) is -4.09. The first-order valence-corrected chi connectivity index (χ1v) is 6.13. The van der Waals surface area contributed by atoms with Crippen LogP contribution >= 0.6 is 0 Å². The second-order valence-electron chi connectivity index (χ2n) is 4.50. The number of benzene rings is 2. The van der Waals surface area contributed by atoms with Gasteiger partial charge in [-0.2, -0.15) is 0 Å². The molecule has 0 bridgehead atoms. The molecule has 0 spiro atoms. The summed E-state index contributed by atoms with van der Waals surface area (Å²) in [6.07, 6.45) is 0. The Labute approximate surface area is 119 Å². The van der Waals surface area contributed by atoms with Crippen LogP contribution < -0.4 is 5.32 Å². The molecule has 0 heterocycles. The third-order valence-electron chi connectivity index (χ3n) is 3.03. The van der Waals surface area contributed by atoms with Gasteiger partial charge in [-0.15, -0.1) is 0 Å². The molecule has 0 radical (unpaired) electrons. The Kier molecular flexibility index (Phi) is 4.16. The molecule has 21 heavy (non-hydrogen) atoms. The van der Waals surface area contributed by atoms with Crippen molar-refractivity contribution in [1.82, 2.24) is 0 Å². The molecule has 2 N–H and O–H groups in total. The summed E-state index contributed by atoms with van der Waals surface area (Å²) in [5, 5.41) is 11.5. The Hall–Kier alpha value is -2.50. The summed E-state index contributed by atoms with van der Waals surface area (Å²) in [5.41, 5.74) is -0.567. The summed E-state index contributed by atoms with van der Waals surface area (Å²) >= 11 is 0. The van der Waals surface area contributed by atoms with E-state index in [0.717, 1.165) is 6.07 Å². The molecule has 0 saturated heterocycles. The standard InChI is InChI=1S/C15H12F3NO2/c1-8(9-4-2-3-5-11(9)16)19-14-6-10(15(20)21)12(17)7-13(14)18/h2-8,19H,1H3,(H,20,21). The Morgan fingerprint density at radius 3 is 2.38 bits per heavy atom. The average Bonchev–Trinajstić information content (AvgIpc) is 2.41. The molecule has 1 unspecified atom stereocenters. The lowest BCUT2D eigenvalue weighted by atomic mass is 10.1. The highest BCUT2D eigenvalue weighted by Crippen LogP contribution is 2.25. The Balaban J connectivity index is 2.33. The molecule has 0 amide bonds. The number of hydrogen-bond donors (Lipinski definition) is 2. The lowest BCUT2D eigenvalue weighted by molar-refractivity contribution is 0.0692. The molecular weight excluding hydrogens is 283 g/mol. The van der Waals surface area contributed by atoms with Crippen LogP contribution in [0.3, 0.4) is 0 Å². The molecule has 2 aromatic rings. The Morgan fingerprint density at radius 1 is 1.10 bits per heavy atom. The highest BCUT2D eigenvalue weighted by atomic mass is 19.1. The van der Waals surface area contributed by atoms with E-state index in [9.17, 15) is 18.0 Å². The highest BCUT2D eigenvalue weighted by molar-refractivity contribution is 5.89. The third kappa shape index (κ3) is 3.16. The van der Waals surface area contributed by atoms with E-state index >= 15 is 0 Å². The molecule has 3 nitrogen and oxygen atoms in total. The van der Waals surface area contributed by atoms with Crippen molar-refractivity contribution in [2.24, 2.45) is 0 Å². The quantitative estimate of drug-likeness (QED) is 0.897. The predicted molar refractivity (Wildman–Crippen MR) is 71.8 cm³/mol. The molecular formula is C15H12F3NO2. The third-order valence-corrected chi connectivity index (χ3v) is 3.03. The normalized spacial score (nSPS) is 12.0. The molecule has 0 saturated carbocycles.